The van der Waals surface area contributed by atoms with Gasteiger partial charge < -0.3 is 56.1 Å². The number of halogens is 4. The van der Waals surface area contributed by atoms with Crippen LogP contribution >= 0.6 is 0 Å². The molecule has 33 heteroatoms. The lowest BCUT2D eigenvalue weighted by molar-refractivity contribution is -0.438. The Morgan fingerprint density at radius 2 is 1.09 bits per heavy atom. The van der Waals surface area contributed by atoms with E-state index in [1.165, 1.54) is 38.5 Å². The summed E-state index contributed by atoms with van der Waals surface area (Å²) < 4.78 is 278. The Bertz CT molecular complexity index is 4210. The molecule has 0 bridgehead atoms. The summed E-state index contributed by atoms with van der Waals surface area (Å²) in [6.07, 6.45) is 4.33. The van der Waals surface area contributed by atoms with Gasteiger partial charge in [0.15, 0.2) is 17.3 Å². The van der Waals surface area contributed by atoms with E-state index in [4.69, 9.17) is 23.7 Å². The fourth-order valence-corrected chi connectivity index (χ4v) is 14.0. The van der Waals surface area contributed by atoms with Crippen molar-refractivity contribution in [2.45, 2.75) is 88.2 Å². The number of anilines is 1. The zero-order valence-corrected chi connectivity index (χ0v) is 51.0. The Balaban J connectivity index is 1.33. The molecule has 7 rings (SSSR count). The summed E-state index contributed by atoms with van der Waals surface area (Å²) in [6, 6.07) is 8.36. The maximum atomic E-state index is 14.7. The van der Waals surface area contributed by atoms with Crippen molar-refractivity contribution < 1.29 is 120 Å². The first-order chi connectivity index (χ1) is 40.5. The van der Waals surface area contributed by atoms with Crippen LogP contribution < -0.4 is 9.64 Å². The molecule has 5 aromatic carbocycles. The van der Waals surface area contributed by atoms with Crippen LogP contribution in [0.25, 0.3) is 21.5 Å². The SMILES string of the molecule is COCCOCCOCCOCCC1(C)/C(=C\C=C\C2=[N+](CCCCCC(=O)Oc3c(F)c(F)c(S(=O)(=O)[O-])c(F)c3F)c3ccc4c(S(=O)(=O)[O-])cc(S(=O)(=O)[O-])cc4c3C2(C)C)N(CCOC)c2ccc3c(S(=O)(=O)[O-])cc(S(=O)(=O)[O-])cc3c21. The Morgan fingerprint density at radius 1 is 0.586 bits per heavy atom. The predicted octanol–water partition coefficient (Wildman–Crippen LogP) is 5.56. The summed E-state index contributed by atoms with van der Waals surface area (Å²) in [7, 11) is -24.8. The van der Waals surface area contributed by atoms with Gasteiger partial charge in [-0.2, -0.15) is 13.4 Å². The highest BCUT2D eigenvalue weighted by Crippen LogP contribution is 2.54. The lowest BCUT2D eigenvalue weighted by atomic mass is 9.76. The van der Waals surface area contributed by atoms with E-state index in [0.717, 1.165) is 12.1 Å². The van der Waals surface area contributed by atoms with E-state index in [0.29, 0.717) is 48.1 Å². The second kappa shape index (κ2) is 26.7. The Labute approximate surface area is 498 Å². The van der Waals surface area contributed by atoms with Crippen LogP contribution in [0.1, 0.15) is 64.0 Å². The average Bonchev–Trinajstić information content (AvgIpc) is 1.62. The van der Waals surface area contributed by atoms with Crippen molar-refractivity contribution in [1.82, 2.24) is 0 Å². The topological polar surface area (TPSA) is 365 Å². The fraction of sp³-hybridized carbons (Fsp3) is 0.407. The predicted molar refractivity (Wildman–Crippen MR) is 294 cm³/mol. The highest BCUT2D eigenvalue weighted by atomic mass is 32.2. The van der Waals surface area contributed by atoms with Gasteiger partial charge in [-0.25, -0.2) is 50.9 Å². The summed E-state index contributed by atoms with van der Waals surface area (Å²) in [5.41, 5.74) is -0.626. The normalized spacial score (nSPS) is 16.9. The summed E-state index contributed by atoms with van der Waals surface area (Å²) in [4.78, 5) is 8.06. The Hall–Kier alpha value is -5.89. The molecule has 0 fully saturated rings. The zero-order valence-electron chi connectivity index (χ0n) is 46.9. The molecule has 2 heterocycles. The van der Waals surface area contributed by atoms with Gasteiger partial charge in [-0.1, -0.05) is 12.1 Å². The van der Waals surface area contributed by atoms with Crippen LogP contribution in [0, 0.1) is 23.3 Å². The number of carbonyl (C=O) groups is 1. The lowest BCUT2D eigenvalue weighted by Gasteiger charge is -2.31. The van der Waals surface area contributed by atoms with Gasteiger partial charge in [0.2, 0.25) is 23.1 Å². The third-order valence-corrected chi connectivity index (χ3v) is 18.9. The van der Waals surface area contributed by atoms with Crippen molar-refractivity contribution in [2.75, 3.05) is 85.1 Å². The summed E-state index contributed by atoms with van der Waals surface area (Å²) in [6.45, 7) is 6.60. The molecular formula is C54H56F4N2O22S5-4. The molecular weight excluding hydrogens is 1260 g/mol. The summed E-state index contributed by atoms with van der Waals surface area (Å²) >= 11 is 0. The van der Waals surface area contributed by atoms with Crippen molar-refractivity contribution in [3.63, 3.8) is 0 Å². The number of ether oxygens (including phenoxy) is 6. The van der Waals surface area contributed by atoms with Gasteiger partial charge in [-0.05, 0) is 104 Å². The molecule has 0 saturated heterocycles. The lowest BCUT2D eigenvalue weighted by Crippen LogP contribution is -2.32. The molecule has 476 valence electrons. The molecule has 0 spiro atoms. The average molecular weight is 1320 g/mol. The van der Waals surface area contributed by atoms with Crippen LogP contribution in [-0.2, 0) is 89.9 Å². The minimum Gasteiger partial charge on any atom is -0.744 e. The Morgan fingerprint density at radius 3 is 1.60 bits per heavy atom. The van der Waals surface area contributed by atoms with Crippen LogP contribution in [0.2, 0.25) is 0 Å². The number of allylic oxidation sites excluding steroid dienone is 4. The number of hydrogen-bond acceptors (Lipinski definition) is 23. The monoisotopic (exact) mass is 1320 g/mol. The van der Waals surface area contributed by atoms with E-state index in [1.54, 1.807) is 48.5 Å². The molecule has 0 N–H and O–H groups in total. The Kier molecular flexibility index (Phi) is 21.0. The number of unbranched alkanes of at least 4 members (excludes halogenated alkanes) is 2. The van der Waals surface area contributed by atoms with Crippen molar-refractivity contribution in [3.05, 3.63) is 107 Å². The first kappa shape index (κ1) is 68.6. The molecule has 24 nitrogen and oxygen atoms in total. The minimum atomic E-state index is -6.07. The fourth-order valence-electron chi connectivity index (χ4n) is 10.7. The van der Waals surface area contributed by atoms with Gasteiger partial charge in [0.1, 0.15) is 62.0 Å². The second-order valence-corrected chi connectivity index (χ2v) is 27.3. The van der Waals surface area contributed by atoms with E-state index in [2.05, 4.69) is 4.74 Å². The second-order valence-electron chi connectivity index (χ2n) is 20.6. The van der Waals surface area contributed by atoms with E-state index >= 15 is 0 Å². The number of esters is 1. The molecule has 0 saturated carbocycles. The first-order valence-corrected chi connectivity index (χ1v) is 33.2. The number of benzene rings is 5. The quantitative estimate of drug-likeness (QED) is 0.0107. The van der Waals surface area contributed by atoms with Gasteiger partial charge in [0, 0.05) is 80.1 Å². The molecule has 2 aliphatic heterocycles. The number of fused-ring (bicyclic) bond motifs is 6. The zero-order chi connectivity index (χ0) is 64.4. The summed E-state index contributed by atoms with van der Waals surface area (Å²) in [5.74, 6) is -13.5. The van der Waals surface area contributed by atoms with Gasteiger partial charge in [0.05, 0.1) is 71.2 Å². The largest absolute Gasteiger partial charge is 0.744 e. The van der Waals surface area contributed by atoms with Crippen LogP contribution in [0.4, 0.5) is 28.9 Å². The number of nitrogens with zero attached hydrogens (tertiary/aromatic N) is 2. The van der Waals surface area contributed by atoms with Crippen LogP contribution in [-0.4, -0.2) is 161 Å². The van der Waals surface area contributed by atoms with Crippen LogP contribution in [0.15, 0.2) is 96.9 Å². The maximum Gasteiger partial charge on any atom is 0.311 e. The molecule has 87 heavy (non-hydrogen) atoms. The number of carbonyl (C=O) groups excluding carboxylic acids is 1. The highest BCUT2D eigenvalue weighted by molar-refractivity contribution is 7.87. The first-order valence-electron chi connectivity index (χ1n) is 26.1. The molecule has 0 radical (unpaired) electrons. The summed E-state index contributed by atoms with van der Waals surface area (Å²) in [5, 5.41) is -0.639. The standard InChI is InChI=1S/C54H60F4N2O22S5/c1-53(2)42(10-9-11-43-54(3,17-20-79-24-25-81-27-26-80-23-22-78-5)46-37-29-33(84(65,66)67)31-41(86(71,72)73)35(37)14-16-39(46)60(43)19-21-77-4)59(38-15-13-34-36(45(38)53)28-32(83(62,63)64)30-40(34)85(68,69)70)18-8-6-7-12-44(61)82-51-47(55)49(57)52(87(74,75)76)50(58)48(51)56/h9-11,13-16,28-31H,6-8,12,17-27H2,1-5H3,(H4-,62,63,64,65,66,67,68,69,70,71,72,73,74,75,76)/p-4. The highest BCUT2D eigenvalue weighted by Gasteiger charge is 2.47. The molecule has 2 aliphatic rings. The third-order valence-electron chi connectivity index (χ3n) is 14.6. The van der Waals surface area contributed by atoms with E-state index in [-0.39, 0.29) is 111 Å². The van der Waals surface area contributed by atoms with Crippen LogP contribution in [0.3, 0.4) is 0 Å². The molecule has 1 atom stereocenters. The van der Waals surface area contributed by atoms with Crippen LogP contribution in [0.5, 0.6) is 5.75 Å². The van der Waals surface area contributed by atoms with E-state index < -0.39 is 127 Å². The van der Waals surface area contributed by atoms with E-state index in [1.807, 2.05) is 0 Å². The van der Waals surface area contributed by atoms with Crippen molar-refractivity contribution in [2.24, 2.45) is 0 Å². The molecule has 0 aromatic heterocycles. The van der Waals surface area contributed by atoms with Crippen molar-refractivity contribution >= 4 is 95.2 Å². The number of hydrogen-bond donors (Lipinski definition) is 0. The van der Waals surface area contributed by atoms with Crippen molar-refractivity contribution in [3.8, 4) is 5.75 Å². The third kappa shape index (κ3) is 14.7. The number of rotatable bonds is 29. The van der Waals surface area contributed by atoms with Crippen molar-refractivity contribution in [1.29, 1.82) is 0 Å². The van der Waals surface area contributed by atoms with Gasteiger partial charge >= 0.3 is 5.97 Å². The van der Waals surface area contributed by atoms with Gasteiger partial charge in [-0.3, -0.25) is 4.79 Å². The van der Waals surface area contributed by atoms with E-state index in [9.17, 15) is 87.2 Å². The molecule has 5 aromatic rings. The maximum absolute atomic E-state index is 14.7. The van der Waals surface area contributed by atoms with Gasteiger partial charge in [0.25, 0.3) is 0 Å². The molecule has 0 amide bonds. The number of methoxy groups -OCH3 is 2. The minimum absolute atomic E-state index is 0.00277. The van der Waals surface area contributed by atoms with Gasteiger partial charge in [-0.15, -0.1) is 0 Å². The molecule has 0 aliphatic carbocycles. The smallest absolute Gasteiger partial charge is 0.311 e. The molecule has 1 unspecified atom stereocenters.